The molecule has 0 unspecified atom stereocenters. The number of amides is 1. The number of carbonyl (C=O) groups excluding carboxylic acids is 1. The molecule has 1 heterocycles. The molecular weight excluding hydrogens is 350 g/mol. The van der Waals surface area contributed by atoms with E-state index in [0.717, 1.165) is 23.5 Å². The van der Waals surface area contributed by atoms with Gasteiger partial charge in [-0.05, 0) is 42.8 Å². The van der Waals surface area contributed by atoms with E-state index in [1.807, 2.05) is 0 Å². The molecule has 8 heteroatoms. The van der Waals surface area contributed by atoms with Gasteiger partial charge in [-0.1, -0.05) is 0 Å². The predicted molar refractivity (Wildman–Crippen MR) is 89.0 cm³/mol. The lowest BCUT2D eigenvalue weighted by atomic mass is 10.2. The summed E-state index contributed by atoms with van der Waals surface area (Å²) < 4.78 is 53.2. The topological polar surface area (TPSA) is 57.7 Å². The van der Waals surface area contributed by atoms with Gasteiger partial charge in [-0.2, -0.15) is 4.31 Å². The van der Waals surface area contributed by atoms with Crippen LogP contribution in [0.25, 0.3) is 0 Å². The van der Waals surface area contributed by atoms with Gasteiger partial charge in [-0.25, -0.2) is 17.2 Å². The third-order valence-corrected chi connectivity index (χ3v) is 5.93. The zero-order valence-electron chi connectivity index (χ0n) is 13.4. The minimum atomic E-state index is -3.54. The number of hydrogen-bond donors (Lipinski definition) is 0. The first kappa shape index (κ1) is 17.5. The van der Waals surface area contributed by atoms with E-state index in [1.165, 1.54) is 35.5 Å². The van der Waals surface area contributed by atoms with Crippen molar-refractivity contribution >= 4 is 27.3 Å². The summed E-state index contributed by atoms with van der Waals surface area (Å²) in [5, 5.41) is 0. The van der Waals surface area contributed by atoms with Crippen LogP contribution >= 0.6 is 0 Å². The molecule has 0 aromatic heterocycles. The summed E-state index contributed by atoms with van der Waals surface area (Å²) in [5.74, 6) is -2.11. The van der Waals surface area contributed by atoms with Crippen molar-refractivity contribution in [1.82, 2.24) is 4.31 Å². The van der Waals surface area contributed by atoms with Crippen LogP contribution in [-0.2, 0) is 14.8 Å². The van der Waals surface area contributed by atoms with E-state index in [0.29, 0.717) is 24.8 Å². The van der Waals surface area contributed by atoms with Gasteiger partial charge in [0.1, 0.15) is 11.6 Å². The lowest BCUT2D eigenvalue weighted by molar-refractivity contribution is -0.115. The summed E-state index contributed by atoms with van der Waals surface area (Å²) >= 11 is 0. The summed E-state index contributed by atoms with van der Waals surface area (Å²) in [6.07, 6.45) is 0.833. The molecule has 25 heavy (non-hydrogen) atoms. The summed E-state index contributed by atoms with van der Waals surface area (Å²) in [5.41, 5.74) is 0.188. The highest BCUT2D eigenvalue weighted by Gasteiger charge is 2.29. The average molecular weight is 366 g/mol. The SMILES string of the molecule is CC(=O)N(c1ccc(S(=O)(=O)N2CCC2)cc1)c1ccc(F)cc1F. The molecule has 1 aliphatic rings. The van der Waals surface area contributed by atoms with Gasteiger partial charge < -0.3 is 0 Å². The van der Waals surface area contributed by atoms with Crippen LogP contribution in [0.4, 0.5) is 20.2 Å². The van der Waals surface area contributed by atoms with Crippen molar-refractivity contribution in [3.05, 3.63) is 54.1 Å². The molecule has 2 aromatic rings. The summed E-state index contributed by atoms with van der Waals surface area (Å²) in [6, 6.07) is 8.51. The van der Waals surface area contributed by atoms with Crippen molar-refractivity contribution in [3.63, 3.8) is 0 Å². The Bertz CT molecular complexity index is 910. The van der Waals surface area contributed by atoms with E-state index >= 15 is 0 Å². The fourth-order valence-corrected chi connectivity index (χ4v) is 4.11. The van der Waals surface area contributed by atoms with Crippen molar-refractivity contribution in [2.45, 2.75) is 18.2 Å². The fourth-order valence-electron chi connectivity index (χ4n) is 2.60. The number of hydrogen-bond acceptors (Lipinski definition) is 3. The zero-order chi connectivity index (χ0) is 18.2. The third-order valence-electron chi connectivity index (χ3n) is 4.01. The van der Waals surface area contributed by atoms with Crippen LogP contribution in [-0.4, -0.2) is 31.7 Å². The maximum atomic E-state index is 14.0. The molecule has 5 nitrogen and oxygen atoms in total. The lowest BCUT2D eigenvalue weighted by Crippen LogP contribution is -2.41. The van der Waals surface area contributed by atoms with Gasteiger partial charge in [0.05, 0.1) is 10.6 Å². The maximum Gasteiger partial charge on any atom is 0.243 e. The Balaban J connectivity index is 1.97. The van der Waals surface area contributed by atoms with Crippen molar-refractivity contribution in [1.29, 1.82) is 0 Å². The number of nitrogens with zero attached hydrogens (tertiary/aromatic N) is 2. The minimum Gasteiger partial charge on any atom is -0.278 e. The normalized spacial score (nSPS) is 14.8. The average Bonchev–Trinajstić information content (AvgIpc) is 2.48. The lowest BCUT2D eigenvalue weighted by Gasteiger charge is -2.30. The van der Waals surface area contributed by atoms with E-state index in [-0.39, 0.29) is 10.6 Å². The Morgan fingerprint density at radius 2 is 1.72 bits per heavy atom. The Morgan fingerprint density at radius 3 is 2.20 bits per heavy atom. The molecule has 1 aliphatic heterocycles. The van der Waals surface area contributed by atoms with Gasteiger partial charge in [0.15, 0.2) is 0 Å². The third kappa shape index (κ3) is 3.27. The number of halogens is 2. The number of anilines is 2. The van der Waals surface area contributed by atoms with Crippen LogP contribution in [0.5, 0.6) is 0 Å². The Morgan fingerprint density at radius 1 is 1.08 bits per heavy atom. The van der Waals surface area contributed by atoms with Crippen molar-refractivity contribution in [3.8, 4) is 0 Å². The molecule has 0 radical (unpaired) electrons. The quantitative estimate of drug-likeness (QED) is 0.836. The maximum absolute atomic E-state index is 14.0. The Kier molecular flexibility index (Phi) is 4.57. The molecule has 0 N–H and O–H groups in total. The molecular formula is C17H16F2N2O3S. The number of benzene rings is 2. The van der Waals surface area contributed by atoms with Crippen LogP contribution in [0.2, 0.25) is 0 Å². The second-order valence-corrected chi connectivity index (χ2v) is 7.64. The van der Waals surface area contributed by atoms with Crippen molar-refractivity contribution < 1.29 is 22.0 Å². The van der Waals surface area contributed by atoms with Crippen LogP contribution in [0.15, 0.2) is 47.4 Å². The van der Waals surface area contributed by atoms with E-state index in [2.05, 4.69) is 0 Å². The molecule has 2 aromatic carbocycles. The minimum absolute atomic E-state index is 0.104. The van der Waals surface area contributed by atoms with Gasteiger partial charge in [0.25, 0.3) is 0 Å². The number of carbonyl (C=O) groups is 1. The zero-order valence-corrected chi connectivity index (χ0v) is 14.3. The fraction of sp³-hybridized carbons (Fsp3) is 0.235. The molecule has 1 amide bonds. The standard InChI is InChI=1S/C17H16F2N2O3S/c1-12(22)21(17-8-3-13(18)11-16(17)19)14-4-6-15(7-5-14)25(23,24)20-9-2-10-20/h3-8,11H,2,9-10H2,1H3. The highest BCUT2D eigenvalue weighted by Crippen LogP contribution is 2.30. The second-order valence-electron chi connectivity index (χ2n) is 5.70. The molecule has 1 fully saturated rings. The molecule has 0 aliphatic carbocycles. The summed E-state index contributed by atoms with van der Waals surface area (Å²) in [4.78, 5) is 13.1. The van der Waals surface area contributed by atoms with Gasteiger partial charge in [-0.3, -0.25) is 9.69 Å². The molecule has 3 rings (SSSR count). The Labute approximate surface area is 144 Å². The number of rotatable bonds is 4. The second kappa shape index (κ2) is 6.53. The first-order valence-corrected chi connectivity index (χ1v) is 9.10. The largest absolute Gasteiger partial charge is 0.278 e. The van der Waals surface area contributed by atoms with E-state index in [1.54, 1.807) is 0 Å². The van der Waals surface area contributed by atoms with Crippen LogP contribution < -0.4 is 4.90 Å². The summed E-state index contributed by atoms with van der Waals surface area (Å²) in [7, 11) is -3.54. The van der Waals surface area contributed by atoms with Crippen LogP contribution in [0, 0.1) is 11.6 Å². The van der Waals surface area contributed by atoms with Crippen LogP contribution in [0.3, 0.4) is 0 Å². The van der Waals surface area contributed by atoms with Crippen LogP contribution in [0.1, 0.15) is 13.3 Å². The summed E-state index contributed by atoms with van der Waals surface area (Å²) in [6.45, 7) is 2.22. The molecule has 0 atom stereocenters. The first-order chi connectivity index (χ1) is 11.8. The van der Waals surface area contributed by atoms with Crippen molar-refractivity contribution in [2.75, 3.05) is 18.0 Å². The smallest absolute Gasteiger partial charge is 0.243 e. The molecule has 0 spiro atoms. The van der Waals surface area contributed by atoms with E-state index < -0.39 is 27.6 Å². The monoisotopic (exact) mass is 366 g/mol. The highest BCUT2D eigenvalue weighted by atomic mass is 32.2. The van der Waals surface area contributed by atoms with Crippen molar-refractivity contribution in [2.24, 2.45) is 0 Å². The van der Waals surface area contributed by atoms with Gasteiger partial charge in [-0.15, -0.1) is 0 Å². The highest BCUT2D eigenvalue weighted by molar-refractivity contribution is 7.89. The Hall–Kier alpha value is -2.32. The number of sulfonamides is 1. The van der Waals surface area contributed by atoms with Gasteiger partial charge in [0, 0.05) is 31.8 Å². The molecule has 0 saturated carbocycles. The van der Waals surface area contributed by atoms with E-state index in [9.17, 15) is 22.0 Å². The molecule has 0 bridgehead atoms. The molecule has 132 valence electrons. The van der Waals surface area contributed by atoms with E-state index in [4.69, 9.17) is 0 Å². The van der Waals surface area contributed by atoms with Gasteiger partial charge >= 0.3 is 0 Å². The predicted octanol–water partition coefficient (Wildman–Crippen LogP) is 3.04. The molecule has 1 saturated heterocycles. The first-order valence-electron chi connectivity index (χ1n) is 7.66. The van der Waals surface area contributed by atoms with Gasteiger partial charge in [0.2, 0.25) is 15.9 Å².